The first-order chi connectivity index (χ1) is 17.3. The van der Waals surface area contributed by atoms with Crippen molar-refractivity contribution in [3.63, 3.8) is 0 Å². The molecule has 2 atom stereocenters. The molecule has 6 nitrogen and oxygen atoms in total. The lowest BCUT2D eigenvalue weighted by Crippen LogP contribution is -2.29. The molecule has 2 aliphatic rings. The Morgan fingerprint density at radius 2 is 1.81 bits per heavy atom. The second-order valence-electron chi connectivity index (χ2n) is 8.78. The summed E-state index contributed by atoms with van der Waals surface area (Å²) in [7, 11) is 0. The molecule has 1 fully saturated rings. The molecule has 0 aliphatic carbocycles. The molecule has 36 heavy (non-hydrogen) atoms. The van der Waals surface area contributed by atoms with Gasteiger partial charge in [0.15, 0.2) is 5.13 Å². The summed E-state index contributed by atoms with van der Waals surface area (Å²) in [5, 5.41) is 12.8. The number of hydrogen-bond donors (Lipinski definition) is 1. The number of hydrogen-bond acceptors (Lipinski definition) is 6. The van der Waals surface area contributed by atoms with Crippen LogP contribution < -0.4 is 9.64 Å². The molecule has 0 radical (unpaired) electrons. The first kappa shape index (κ1) is 23.0. The maximum Gasteiger partial charge on any atom is 0.301 e. The Balaban J connectivity index is 1.53. The number of thiazole rings is 1. The van der Waals surface area contributed by atoms with Gasteiger partial charge >= 0.3 is 5.91 Å². The van der Waals surface area contributed by atoms with Crippen molar-refractivity contribution in [3.05, 3.63) is 93.0 Å². The number of aromatic nitrogens is 1. The molecular formula is C27H18Cl2N2O4S. The fourth-order valence-corrected chi connectivity index (χ4v) is 6.10. The second kappa shape index (κ2) is 8.62. The van der Waals surface area contributed by atoms with E-state index in [1.165, 1.54) is 16.2 Å². The molecule has 1 amide bonds. The minimum Gasteiger partial charge on any atom is -0.507 e. The number of halogens is 2. The highest BCUT2D eigenvalue weighted by atomic mass is 35.5. The van der Waals surface area contributed by atoms with E-state index >= 15 is 0 Å². The van der Waals surface area contributed by atoms with Crippen LogP contribution in [-0.4, -0.2) is 27.9 Å². The zero-order valence-corrected chi connectivity index (χ0v) is 21.2. The Bertz CT molecular complexity index is 1600. The van der Waals surface area contributed by atoms with E-state index < -0.39 is 17.7 Å². The molecule has 3 heterocycles. The van der Waals surface area contributed by atoms with Crippen LogP contribution in [0.25, 0.3) is 16.0 Å². The molecule has 2 aliphatic heterocycles. The van der Waals surface area contributed by atoms with E-state index in [1.807, 2.05) is 6.92 Å². The third-order valence-corrected chi connectivity index (χ3v) is 7.85. The summed E-state index contributed by atoms with van der Waals surface area (Å²) in [4.78, 5) is 32.8. The minimum atomic E-state index is -0.887. The van der Waals surface area contributed by atoms with Gasteiger partial charge < -0.3 is 9.84 Å². The number of benzene rings is 3. The van der Waals surface area contributed by atoms with Crippen molar-refractivity contribution in [2.45, 2.75) is 25.5 Å². The SMILES string of the molecule is C[C@@H]1Cc2cc(/C(O)=C3\C(=O)C(=O)N(c4nc5ccc(Cl)cc5s4)[C@H]3c3ccc(Cl)cc3)ccc2O1. The third-order valence-electron chi connectivity index (χ3n) is 6.34. The molecular weight excluding hydrogens is 519 g/mol. The number of fused-ring (bicyclic) bond motifs is 2. The molecule has 0 saturated carbocycles. The van der Waals surface area contributed by atoms with E-state index in [2.05, 4.69) is 4.98 Å². The molecule has 3 aromatic carbocycles. The molecule has 0 unspecified atom stereocenters. The van der Waals surface area contributed by atoms with Gasteiger partial charge in [0.25, 0.3) is 5.78 Å². The predicted molar refractivity (Wildman–Crippen MR) is 141 cm³/mol. The number of aliphatic hydroxyl groups is 1. The number of Topliss-reactive ketones (excluding diaryl/α,β-unsaturated/α-hetero) is 1. The summed E-state index contributed by atoms with van der Waals surface area (Å²) in [6.07, 6.45) is 0.726. The van der Waals surface area contributed by atoms with Crippen LogP contribution in [0.1, 0.15) is 29.7 Å². The Kier molecular flexibility index (Phi) is 5.52. The lowest BCUT2D eigenvalue weighted by atomic mass is 9.94. The lowest BCUT2D eigenvalue weighted by molar-refractivity contribution is -0.132. The standard InChI is InChI=1S/C27H18Cl2N2O4S/c1-13-10-16-11-15(4-9-20(16)35-13)24(32)22-23(14-2-5-17(28)6-3-14)31(26(34)25(22)33)27-30-19-8-7-18(29)12-21(19)36-27/h2-9,11-13,23,32H,10H2,1H3/b24-22+/t13-,23+/m1/s1. The van der Waals surface area contributed by atoms with Crippen molar-refractivity contribution in [1.29, 1.82) is 0 Å². The summed E-state index contributed by atoms with van der Waals surface area (Å²) < 4.78 is 6.54. The number of carbonyl (C=O) groups is 2. The van der Waals surface area contributed by atoms with E-state index in [9.17, 15) is 14.7 Å². The highest BCUT2D eigenvalue weighted by Crippen LogP contribution is 2.45. The van der Waals surface area contributed by atoms with E-state index in [0.717, 1.165) is 16.0 Å². The average Bonchev–Trinajstić information content (AvgIpc) is 3.51. The highest BCUT2D eigenvalue weighted by Gasteiger charge is 2.48. The molecule has 180 valence electrons. The zero-order valence-electron chi connectivity index (χ0n) is 18.9. The number of ether oxygens (including phenoxy) is 1. The van der Waals surface area contributed by atoms with Gasteiger partial charge in [0.05, 0.1) is 21.8 Å². The Morgan fingerprint density at radius 1 is 1.06 bits per heavy atom. The van der Waals surface area contributed by atoms with E-state index in [4.69, 9.17) is 27.9 Å². The van der Waals surface area contributed by atoms with Gasteiger partial charge in [-0.2, -0.15) is 0 Å². The molecule has 6 rings (SSSR count). The van der Waals surface area contributed by atoms with Gasteiger partial charge in [-0.15, -0.1) is 0 Å². The Hall–Kier alpha value is -3.39. The number of amides is 1. The van der Waals surface area contributed by atoms with E-state index in [0.29, 0.717) is 38.2 Å². The van der Waals surface area contributed by atoms with Crippen LogP contribution in [0.2, 0.25) is 10.0 Å². The first-order valence-electron chi connectivity index (χ1n) is 11.2. The van der Waals surface area contributed by atoms with Crippen LogP contribution in [0.3, 0.4) is 0 Å². The van der Waals surface area contributed by atoms with Crippen LogP contribution in [0, 0.1) is 0 Å². The first-order valence-corrected chi connectivity index (χ1v) is 12.8. The van der Waals surface area contributed by atoms with Gasteiger partial charge in [-0.05, 0) is 66.6 Å². The number of aliphatic hydroxyl groups excluding tert-OH is 1. The van der Waals surface area contributed by atoms with Crippen LogP contribution in [0.5, 0.6) is 5.75 Å². The third kappa shape index (κ3) is 3.75. The van der Waals surface area contributed by atoms with Gasteiger partial charge in [-0.3, -0.25) is 14.5 Å². The number of ketones is 1. The summed E-state index contributed by atoms with van der Waals surface area (Å²) in [5.74, 6) is -1.04. The molecule has 1 aromatic heterocycles. The maximum atomic E-state index is 13.4. The number of carbonyl (C=O) groups excluding carboxylic acids is 2. The minimum absolute atomic E-state index is 0.00785. The zero-order chi connectivity index (χ0) is 25.1. The van der Waals surface area contributed by atoms with E-state index in [1.54, 1.807) is 60.7 Å². The van der Waals surface area contributed by atoms with Gasteiger partial charge in [-0.1, -0.05) is 46.7 Å². The summed E-state index contributed by atoms with van der Waals surface area (Å²) >= 11 is 13.5. The number of nitrogens with zero attached hydrogens (tertiary/aromatic N) is 2. The molecule has 4 aromatic rings. The number of anilines is 1. The van der Waals surface area contributed by atoms with E-state index in [-0.39, 0.29) is 17.4 Å². The summed E-state index contributed by atoms with van der Waals surface area (Å²) in [5.41, 5.74) is 2.65. The summed E-state index contributed by atoms with van der Waals surface area (Å²) in [6.45, 7) is 1.97. The topological polar surface area (TPSA) is 79.7 Å². The molecule has 0 spiro atoms. The van der Waals surface area contributed by atoms with Gasteiger partial charge in [0, 0.05) is 22.0 Å². The van der Waals surface area contributed by atoms with Crippen molar-refractivity contribution < 1.29 is 19.4 Å². The average molecular weight is 537 g/mol. The fourth-order valence-electron chi connectivity index (χ4n) is 4.70. The molecule has 1 N–H and O–H groups in total. The highest BCUT2D eigenvalue weighted by molar-refractivity contribution is 7.22. The van der Waals surface area contributed by atoms with Gasteiger partial charge in [-0.25, -0.2) is 4.98 Å². The normalized spacial score (nSPS) is 20.7. The quantitative estimate of drug-likeness (QED) is 0.182. The van der Waals surface area contributed by atoms with Crippen LogP contribution >= 0.6 is 34.5 Å². The van der Waals surface area contributed by atoms with Crippen molar-refractivity contribution in [3.8, 4) is 5.75 Å². The van der Waals surface area contributed by atoms with Crippen molar-refractivity contribution in [2.75, 3.05) is 4.90 Å². The second-order valence-corrected chi connectivity index (χ2v) is 10.7. The number of rotatable bonds is 3. The Labute approximate surface area is 220 Å². The molecule has 1 saturated heterocycles. The maximum absolute atomic E-state index is 13.4. The molecule has 9 heteroatoms. The van der Waals surface area contributed by atoms with Crippen molar-refractivity contribution >= 4 is 67.3 Å². The van der Waals surface area contributed by atoms with Gasteiger partial charge in [0.1, 0.15) is 17.6 Å². The molecule has 0 bridgehead atoms. The lowest BCUT2D eigenvalue weighted by Gasteiger charge is -2.23. The van der Waals surface area contributed by atoms with Crippen LogP contribution in [0.15, 0.2) is 66.2 Å². The Morgan fingerprint density at radius 3 is 2.58 bits per heavy atom. The van der Waals surface area contributed by atoms with Crippen molar-refractivity contribution in [1.82, 2.24) is 4.98 Å². The van der Waals surface area contributed by atoms with Gasteiger partial charge in [0.2, 0.25) is 0 Å². The monoisotopic (exact) mass is 536 g/mol. The van der Waals surface area contributed by atoms with Crippen LogP contribution in [0.4, 0.5) is 5.13 Å². The van der Waals surface area contributed by atoms with Crippen LogP contribution in [-0.2, 0) is 16.0 Å². The fraction of sp³-hybridized carbons (Fsp3) is 0.148. The smallest absolute Gasteiger partial charge is 0.301 e. The summed E-state index contributed by atoms with van der Waals surface area (Å²) in [6, 6.07) is 16.5. The largest absolute Gasteiger partial charge is 0.507 e. The van der Waals surface area contributed by atoms with Crippen molar-refractivity contribution in [2.24, 2.45) is 0 Å². The predicted octanol–water partition coefficient (Wildman–Crippen LogP) is 6.55.